The highest BCUT2D eigenvalue weighted by atomic mass is 32.2. The molecule has 2 rings (SSSR count). The quantitative estimate of drug-likeness (QED) is 0.817. The molecule has 1 heterocycles. The predicted octanol–water partition coefficient (Wildman–Crippen LogP) is 1.65. The lowest BCUT2D eigenvalue weighted by molar-refractivity contribution is 0.764. The van der Waals surface area contributed by atoms with Gasteiger partial charge in [-0.05, 0) is 12.1 Å². The van der Waals surface area contributed by atoms with Gasteiger partial charge in [-0.15, -0.1) is 10.2 Å². The normalized spacial score (nSPS) is 12.6. The number of benzene rings is 1. The Labute approximate surface area is 105 Å². The molecule has 1 unspecified atom stereocenters. The van der Waals surface area contributed by atoms with Crippen LogP contribution in [0, 0.1) is 0 Å². The van der Waals surface area contributed by atoms with Crippen molar-refractivity contribution in [3.63, 3.8) is 0 Å². The SMILES string of the molecule is Cn1cnnc1SCC(CN)c1ccccc1. The van der Waals surface area contributed by atoms with Gasteiger partial charge in [0.25, 0.3) is 0 Å². The Morgan fingerprint density at radius 2 is 2.12 bits per heavy atom. The van der Waals surface area contributed by atoms with E-state index in [1.165, 1.54) is 5.56 Å². The molecule has 17 heavy (non-hydrogen) atoms. The maximum absolute atomic E-state index is 5.83. The molecule has 4 nitrogen and oxygen atoms in total. The largest absolute Gasteiger partial charge is 0.330 e. The summed E-state index contributed by atoms with van der Waals surface area (Å²) < 4.78 is 1.92. The van der Waals surface area contributed by atoms with Crippen molar-refractivity contribution in [1.82, 2.24) is 14.8 Å². The third-order valence-electron chi connectivity index (χ3n) is 2.64. The minimum Gasteiger partial charge on any atom is -0.330 e. The van der Waals surface area contributed by atoms with Crippen LogP contribution in [0.15, 0.2) is 41.8 Å². The molecule has 5 heteroatoms. The summed E-state index contributed by atoms with van der Waals surface area (Å²) in [6.07, 6.45) is 1.71. The molecule has 0 aliphatic rings. The minimum absolute atomic E-state index is 0.359. The highest BCUT2D eigenvalue weighted by molar-refractivity contribution is 7.99. The van der Waals surface area contributed by atoms with E-state index >= 15 is 0 Å². The molecule has 1 atom stereocenters. The van der Waals surface area contributed by atoms with Crippen LogP contribution < -0.4 is 5.73 Å². The second-order valence-corrected chi connectivity index (χ2v) is 4.87. The van der Waals surface area contributed by atoms with E-state index in [1.807, 2.05) is 29.8 Å². The molecule has 0 amide bonds. The lowest BCUT2D eigenvalue weighted by atomic mass is 10.0. The Hall–Kier alpha value is -1.33. The molecule has 2 aromatic rings. The summed E-state index contributed by atoms with van der Waals surface area (Å²) in [5.74, 6) is 1.28. The topological polar surface area (TPSA) is 56.7 Å². The number of rotatable bonds is 5. The van der Waals surface area contributed by atoms with Crippen LogP contribution in [-0.4, -0.2) is 27.1 Å². The van der Waals surface area contributed by atoms with Gasteiger partial charge in [-0.2, -0.15) is 0 Å². The van der Waals surface area contributed by atoms with Gasteiger partial charge in [0.1, 0.15) is 6.33 Å². The Morgan fingerprint density at radius 1 is 1.35 bits per heavy atom. The summed E-state index contributed by atoms with van der Waals surface area (Å²) in [5, 5.41) is 8.84. The van der Waals surface area contributed by atoms with Crippen LogP contribution >= 0.6 is 11.8 Å². The van der Waals surface area contributed by atoms with Crippen molar-refractivity contribution in [3.8, 4) is 0 Å². The van der Waals surface area contributed by atoms with Crippen LogP contribution in [0.5, 0.6) is 0 Å². The number of nitrogens with zero attached hydrogens (tertiary/aromatic N) is 3. The van der Waals surface area contributed by atoms with Gasteiger partial charge < -0.3 is 10.3 Å². The van der Waals surface area contributed by atoms with Crippen molar-refractivity contribution in [2.24, 2.45) is 12.8 Å². The van der Waals surface area contributed by atoms with Gasteiger partial charge in [0.15, 0.2) is 5.16 Å². The van der Waals surface area contributed by atoms with Crippen molar-refractivity contribution in [2.45, 2.75) is 11.1 Å². The fourth-order valence-electron chi connectivity index (χ4n) is 1.60. The summed E-state index contributed by atoms with van der Waals surface area (Å²) in [7, 11) is 1.95. The molecule has 0 saturated carbocycles. The van der Waals surface area contributed by atoms with Gasteiger partial charge in [0.2, 0.25) is 0 Å². The predicted molar refractivity (Wildman–Crippen MR) is 70.0 cm³/mol. The van der Waals surface area contributed by atoms with Crippen molar-refractivity contribution in [3.05, 3.63) is 42.2 Å². The van der Waals surface area contributed by atoms with Crippen molar-refractivity contribution >= 4 is 11.8 Å². The Morgan fingerprint density at radius 3 is 2.71 bits per heavy atom. The van der Waals surface area contributed by atoms with Crippen LogP contribution in [0.25, 0.3) is 0 Å². The highest BCUT2D eigenvalue weighted by Gasteiger charge is 2.11. The van der Waals surface area contributed by atoms with Crippen LogP contribution in [0.3, 0.4) is 0 Å². The Balaban J connectivity index is 1.99. The molecular formula is C12H16N4S. The number of hydrogen-bond donors (Lipinski definition) is 1. The maximum Gasteiger partial charge on any atom is 0.190 e. The number of hydrogen-bond acceptors (Lipinski definition) is 4. The molecule has 2 N–H and O–H groups in total. The summed E-state index contributed by atoms with van der Waals surface area (Å²) in [6, 6.07) is 10.4. The van der Waals surface area contributed by atoms with Gasteiger partial charge in [-0.25, -0.2) is 0 Å². The number of thioether (sulfide) groups is 1. The van der Waals surface area contributed by atoms with E-state index in [4.69, 9.17) is 5.73 Å². The van der Waals surface area contributed by atoms with E-state index in [1.54, 1.807) is 18.1 Å². The lowest BCUT2D eigenvalue weighted by Crippen LogP contribution is -2.15. The third kappa shape index (κ3) is 3.08. The van der Waals surface area contributed by atoms with E-state index in [-0.39, 0.29) is 0 Å². The fraction of sp³-hybridized carbons (Fsp3) is 0.333. The van der Waals surface area contributed by atoms with E-state index < -0.39 is 0 Å². The molecule has 90 valence electrons. The second kappa shape index (κ2) is 5.84. The van der Waals surface area contributed by atoms with Gasteiger partial charge in [-0.1, -0.05) is 42.1 Å². The number of aromatic nitrogens is 3. The molecule has 1 aromatic carbocycles. The van der Waals surface area contributed by atoms with Gasteiger partial charge >= 0.3 is 0 Å². The standard InChI is InChI=1S/C12H16N4S/c1-16-9-14-15-12(16)17-8-11(7-13)10-5-3-2-4-6-10/h2-6,9,11H,7-8,13H2,1H3. The van der Waals surface area contributed by atoms with E-state index in [2.05, 4.69) is 22.3 Å². The van der Waals surface area contributed by atoms with Crippen molar-refractivity contribution in [2.75, 3.05) is 12.3 Å². The average molecular weight is 248 g/mol. The molecule has 0 aliphatic heterocycles. The smallest absolute Gasteiger partial charge is 0.190 e. The first-order valence-corrected chi connectivity index (χ1v) is 6.51. The summed E-state index contributed by atoms with van der Waals surface area (Å²) in [4.78, 5) is 0. The molecule has 0 fully saturated rings. The van der Waals surface area contributed by atoms with Crippen molar-refractivity contribution < 1.29 is 0 Å². The van der Waals surface area contributed by atoms with Crippen LogP contribution in [0.2, 0.25) is 0 Å². The third-order valence-corrected chi connectivity index (χ3v) is 3.84. The zero-order chi connectivity index (χ0) is 12.1. The second-order valence-electron chi connectivity index (χ2n) is 3.88. The summed E-state index contributed by atoms with van der Waals surface area (Å²) in [5.41, 5.74) is 7.11. The lowest BCUT2D eigenvalue weighted by Gasteiger charge is -2.14. The van der Waals surface area contributed by atoms with Crippen LogP contribution in [-0.2, 0) is 7.05 Å². The van der Waals surface area contributed by atoms with E-state index in [0.29, 0.717) is 12.5 Å². The zero-order valence-corrected chi connectivity index (χ0v) is 10.6. The van der Waals surface area contributed by atoms with Gasteiger partial charge in [-0.3, -0.25) is 0 Å². The first kappa shape index (κ1) is 12.1. The number of nitrogens with two attached hydrogens (primary N) is 1. The summed E-state index contributed by atoms with van der Waals surface area (Å²) >= 11 is 1.69. The molecule has 0 aliphatic carbocycles. The van der Waals surface area contributed by atoms with Crippen LogP contribution in [0.4, 0.5) is 0 Å². The van der Waals surface area contributed by atoms with E-state index in [0.717, 1.165) is 10.9 Å². The van der Waals surface area contributed by atoms with Crippen LogP contribution in [0.1, 0.15) is 11.5 Å². The van der Waals surface area contributed by atoms with E-state index in [9.17, 15) is 0 Å². The molecule has 0 radical (unpaired) electrons. The van der Waals surface area contributed by atoms with Gasteiger partial charge in [0, 0.05) is 18.7 Å². The monoisotopic (exact) mass is 248 g/mol. The Kier molecular flexibility index (Phi) is 4.17. The minimum atomic E-state index is 0.359. The molecule has 0 saturated heterocycles. The van der Waals surface area contributed by atoms with Gasteiger partial charge in [0.05, 0.1) is 0 Å². The molecule has 0 bridgehead atoms. The zero-order valence-electron chi connectivity index (χ0n) is 9.78. The number of aryl methyl sites for hydroxylation is 1. The maximum atomic E-state index is 5.83. The molecular weight excluding hydrogens is 232 g/mol. The first-order valence-electron chi connectivity index (χ1n) is 5.53. The summed E-state index contributed by atoms with van der Waals surface area (Å²) in [6.45, 7) is 0.648. The molecule has 1 aromatic heterocycles. The highest BCUT2D eigenvalue weighted by Crippen LogP contribution is 2.23. The van der Waals surface area contributed by atoms with Crippen molar-refractivity contribution in [1.29, 1.82) is 0 Å². The average Bonchev–Trinajstić information content (AvgIpc) is 2.77. The molecule has 0 spiro atoms. The Bertz CT molecular complexity index is 455. The first-order chi connectivity index (χ1) is 8.31. The fourth-order valence-corrected chi connectivity index (χ4v) is 2.64.